The third kappa shape index (κ3) is 0.666. The summed E-state index contributed by atoms with van der Waals surface area (Å²) in [7, 11) is 0. The predicted molar refractivity (Wildman–Crippen MR) is 39.6 cm³/mol. The number of carbonyl (C=O) groups excluding carboxylic acids is 1. The van der Waals surface area contributed by atoms with Crippen LogP contribution in [0.1, 0.15) is 19.8 Å². The van der Waals surface area contributed by atoms with Gasteiger partial charge in [-0.1, -0.05) is 11.6 Å². The van der Waals surface area contributed by atoms with Crippen LogP contribution in [0, 0.1) is 5.92 Å². The second kappa shape index (κ2) is 1.82. The first-order chi connectivity index (χ1) is 4.77. The molecule has 0 N–H and O–H groups in total. The number of ketones is 1. The van der Waals surface area contributed by atoms with E-state index in [1.807, 2.05) is 6.08 Å². The molecule has 0 radical (unpaired) electrons. The number of hydrogen-bond acceptors (Lipinski definition) is 1. The quantitative estimate of drug-likeness (QED) is 0.494. The molecule has 1 unspecified atom stereocenters. The Kier molecular flexibility index (Phi) is 1.07. The molecule has 52 valence electrons. The molecule has 0 aromatic heterocycles. The van der Waals surface area contributed by atoms with E-state index in [1.165, 1.54) is 5.57 Å². The molecule has 0 spiro atoms. The normalized spacial score (nSPS) is 30.1. The monoisotopic (exact) mass is 134 g/mol. The molecule has 10 heavy (non-hydrogen) atoms. The first-order valence-electron chi connectivity index (χ1n) is 3.68. The molecule has 2 aliphatic carbocycles. The molecular weight excluding hydrogens is 124 g/mol. The van der Waals surface area contributed by atoms with Crippen molar-refractivity contribution in [1.82, 2.24) is 0 Å². The second-order valence-electron chi connectivity index (χ2n) is 3.15. The van der Waals surface area contributed by atoms with Gasteiger partial charge in [-0.25, -0.2) is 0 Å². The molecule has 0 aliphatic heterocycles. The van der Waals surface area contributed by atoms with Gasteiger partial charge in [-0.3, -0.25) is 4.79 Å². The molecule has 1 nitrogen and oxygen atoms in total. The lowest BCUT2D eigenvalue weighted by Gasteiger charge is -2.06. The molecule has 0 fully saturated rings. The molecule has 1 heteroatoms. The topological polar surface area (TPSA) is 17.1 Å². The lowest BCUT2D eigenvalue weighted by Crippen LogP contribution is -2.04. The average Bonchev–Trinajstić information content (AvgIpc) is 2.21. The first kappa shape index (κ1) is 5.90. The van der Waals surface area contributed by atoms with E-state index in [0.717, 1.165) is 18.4 Å². The summed E-state index contributed by atoms with van der Waals surface area (Å²) < 4.78 is 0. The summed E-state index contributed by atoms with van der Waals surface area (Å²) >= 11 is 0. The number of rotatable bonds is 0. The zero-order valence-electron chi connectivity index (χ0n) is 6.05. The molecule has 0 aromatic rings. The van der Waals surface area contributed by atoms with Crippen LogP contribution in [-0.2, 0) is 4.79 Å². The summed E-state index contributed by atoms with van der Waals surface area (Å²) in [6, 6.07) is 0. The highest BCUT2D eigenvalue weighted by atomic mass is 16.1. The van der Waals surface area contributed by atoms with Crippen molar-refractivity contribution in [3.8, 4) is 0 Å². The van der Waals surface area contributed by atoms with Crippen LogP contribution in [0.4, 0.5) is 0 Å². The van der Waals surface area contributed by atoms with Crippen molar-refractivity contribution >= 4 is 5.78 Å². The Morgan fingerprint density at radius 3 is 3.00 bits per heavy atom. The minimum atomic E-state index is 0.242. The van der Waals surface area contributed by atoms with E-state index < -0.39 is 0 Å². The van der Waals surface area contributed by atoms with Crippen LogP contribution in [0.15, 0.2) is 23.3 Å². The van der Waals surface area contributed by atoms with Crippen molar-refractivity contribution in [2.24, 2.45) is 5.92 Å². The van der Waals surface area contributed by atoms with Crippen molar-refractivity contribution in [2.45, 2.75) is 19.8 Å². The Bertz CT molecular complexity index is 245. The summed E-state index contributed by atoms with van der Waals surface area (Å²) in [6.45, 7) is 2.07. The van der Waals surface area contributed by atoms with Gasteiger partial charge in [0.1, 0.15) is 0 Å². The Labute approximate surface area is 60.4 Å². The number of fused-ring (bicyclic) bond motifs is 2. The number of carbonyl (C=O) groups is 1. The summed E-state index contributed by atoms with van der Waals surface area (Å²) in [6.07, 6.45) is 5.88. The SMILES string of the molecule is CC1=C2CC(C=CC2=O)C1. The third-order valence-electron chi connectivity index (χ3n) is 2.37. The zero-order valence-corrected chi connectivity index (χ0v) is 6.05. The molecule has 0 saturated heterocycles. The van der Waals surface area contributed by atoms with E-state index in [4.69, 9.17) is 0 Å². The van der Waals surface area contributed by atoms with Crippen molar-refractivity contribution in [3.05, 3.63) is 23.3 Å². The van der Waals surface area contributed by atoms with Crippen molar-refractivity contribution in [1.29, 1.82) is 0 Å². The van der Waals surface area contributed by atoms with Gasteiger partial charge in [-0.15, -0.1) is 0 Å². The van der Waals surface area contributed by atoms with Gasteiger partial charge < -0.3 is 0 Å². The van der Waals surface area contributed by atoms with E-state index in [2.05, 4.69) is 6.92 Å². The van der Waals surface area contributed by atoms with Gasteiger partial charge in [0.25, 0.3) is 0 Å². The van der Waals surface area contributed by atoms with Gasteiger partial charge in [0.15, 0.2) is 5.78 Å². The van der Waals surface area contributed by atoms with Gasteiger partial charge >= 0.3 is 0 Å². The number of hydrogen-bond donors (Lipinski definition) is 0. The lowest BCUT2D eigenvalue weighted by molar-refractivity contribution is -0.111. The highest BCUT2D eigenvalue weighted by molar-refractivity contribution is 6.06. The summed E-state index contributed by atoms with van der Waals surface area (Å²) in [5.74, 6) is 0.888. The molecule has 1 atom stereocenters. The minimum Gasteiger partial charge on any atom is -0.290 e. The molecule has 2 aliphatic rings. The summed E-state index contributed by atoms with van der Waals surface area (Å²) in [5, 5.41) is 0. The van der Waals surface area contributed by atoms with E-state index in [0.29, 0.717) is 5.92 Å². The van der Waals surface area contributed by atoms with Crippen LogP contribution in [0.5, 0.6) is 0 Å². The first-order valence-corrected chi connectivity index (χ1v) is 3.68. The van der Waals surface area contributed by atoms with Gasteiger partial charge in [0.05, 0.1) is 0 Å². The highest BCUT2D eigenvalue weighted by Crippen LogP contribution is 2.35. The maximum Gasteiger partial charge on any atom is 0.181 e. The fraction of sp³-hybridized carbons (Fsp3) is 0.444. The van der Waals surface area contributed by atoms with E-state index >= 15 is 0 Å². The molecule has 0 amide bonds. The maximum atomic E-state index is 11.1. The molecule has 0 heterocycles. The van der Waals surface area contributed by atoms with Crippen LogP contribution in [0.2, 0.25) is 0 Å². The van der Waals surface area contributed by atoms with Crippen LogP contribution in [0.25, 0.3) is 0 Å². The molecule has 0 aromatic carbocycles. The van der Waals surface area contributed by atoms with Gasteiger partial charge in [0, 0.05) is 0 Å². The average molecular weight is 134 g/mol. The lowest BCUT2D eigenvalue weighted by atomic mass is 9.97. The predicted octanol–water partition coefficient (Wildman–Crippen LogP) is 1.85. The molecule has 2 rings (SSSR count). The minimum absolute atomic E-state index is 0.242. The summed E-state index contributed by atoms with van der Waals surface area (Å²) in [4.78, 5) is 11.1. The number of allylic oxidation sites excluding steroid dienone is 4. The van der Waals surface area contributed by atoms with Crippen molar-refractivity contribution in [2.75, 3.05) is 0 Å². The summed E-state index contributed by atoms with van der Waals surface area (Å²) in [5.41, 5.74) is 2.38. The Hall–Kier alpha value is -0.850. The Morgan fingerprint density at radius 2 is 2.30 bits per heavy atom. The molecule has 0 saturated carbocycles. The zero-order chi connectivity index (χ0) is 7.14. The van der Waals surface area contributed by atoms with Crippen LogP contribution >= 0.6 is 0 Å². The fourth-order valence-electron chi connectivity index (χ4n) is 1.80. The molecular formula is C9H10O. The largest absolute Gasteiger partial charge is 0.290 e. The fourth-order valence-corrected chi connectivity index (χ4v) is 1.80. The van der Waals surface area contributed by atoms with E-state index in [9.17, 15) is 4.79 Å². The Morgan fingerprint density at radius 1 is 1.50 bits per heavy atom. The van der Waals surface area contributed by atoms with Gasteiger partial charge in [-0.05, 0) is 37.3 Å². The van der Waals surface area contributed by atoms with Crippen LogP contribution in [0.3, 0.4) is 0 Å². The molecule has 2 bridgehead atoms. The third-order valence-corrected chi connectivity index (χ3v) is 2.37. The highest BCUT2D eigenvalue weighted by Gasteiger charge is 2.26. The smallest absolute Gasteiger partial charge is 0.181 e. The van der Waals surface area contributed by atoms with Crippen molar-refractivity contribution < 1.29 is 4.79 Å². The van der Waals surface area contributed by atoms with Gasteiger partial charge in [0.2, 0.25) is 0 Å². The Balaban J connectivity index is 2.46. The van der Waals surface area contributed by atoms with Gasteiger partial charge in [-0.2, -0.15) is 0 Å². The van der Waals surface area contributed by atoms with Crippen LogP contribution in [-0.4, -0.2) is 5.78 Å². The van der Waals surface area contributed by atoms with Crippen molar-refractivity contribution in [3.63, 3.8) is 0 Å². The van der Waals surface area contributed by atoms with E-state index in [-0.39, 0.29) is 5.78 Å². The maximum absolute atomic E-state index is 11.1. The van der Waals surface area contributed by atoms with E-state index in [1.54, 1.807) is 6.08 Å². The second-order valence-corrected chi connectivity index (χ2v) is 3.15. The van der Waals surface area contributed by atoms with Crippen LogP contribution < -0.4 is 0 Å². The standard InChI is InChI=1S/C9H10O/c1-6-4-7-2-3-9(10)8(6)5-7/h2-3,7H,4-5H2,1H3.